The van der Waals surface area contributed by atoms with Gasteiger partial charge in [0.15, 0.2) is 0 Å². The molecule has 0 unspecified atom stereocenters. The maximum Gasteiger partial charge on any atom is 0 e. The van der Waals surface area contributed by atoms with Crippen LogP contribution in [0.4, 0.5) is 0 Å². The summed E-state index contributed by atoms with van der Waals surface area (Å²) in [4.78, 5) is 0. The van der Waals surface area contributed by atoms with Crippen LogP contribution in [0.5, 0.6) is 0 Å². The normalized spacial score (nSPS) is 0. The van der Waals surface area contributed by atoms with E-state index in [1.807, 2.05) is 0 Å². The molecule has 0 aliphatic heterocycles. The molecule has 2 radical (unpaired) electrons. The SMILES string of the molecule is [Ba+2].[BiH2].[Fe].[H-].[H-].[SiH3]. The van der Waals surface area contributed by atoms with Gasteiger partial charge in [-0.15, -0.1) is 0 Å². The molecule has 0 rings (SSSR count). The molecular weight excluding hydrogens is 430 g/mol. The summed E-state index contributed by atoms with van der Waals surface area (Å²) < 4.78 is 0. The molecule has 0 heterocycles. The molecule has 0 nitrogen and oxygen atoms in total. The molecule has 0 aromatic rings. The van der Waals surface area contributed by atoms with Gasteiger partial charge in [-0.25, -0.2) is 0 Å². The Bertz CT molecular complexity index is 13.5. The summed E-state index contributed by atoms with van der Waals surface area (Å²) in [5.74, 6) is 0. The Hall–Kier alpha value is 3.19. The summed E-state index contributed by atoms with van der Waals surface area (Å²) in [6, 6.07) is 0. The number of hydrogen-bond acceptors (Lipinski definition) is 0. The van der Waals surface area contributed by atoms with Crippen molar-refractivity contribution >= 4 is 86.0 Å². The van der Waals surface area contributed by atoms with E-state index >= 15 is 0 Å². The Morgan fingerprint density at radius 3 is 1.25 bits per heavy atom. The van der Waals surface area contributed by atoms with Gasteiger partial charge in [-0.2, -0.15) is 0 Å². The first-order chi connectivity index (χ1) is 0. The molecular formula is H7BaBiFeSi. The maximum atomic E-state index is 0. The third kappa shape index (κ3) is 8.95. The Labute approximate surface area is 104 Å². The molecule has 0 saturated heterocycles. The summed E-state index contributed by atoms with van der Waals surface area (Å²) in [7, 11) is 0. The molecule has 0 aromatic carbocycles. The molecule has 0 spiro atoms. The summed E-state index contributed by atoms with van der Waals surface area (Å²) in [6.07, 6.45) is 0. The van der Waals surface area contributed by atoms with Crippen LogP contribution in [0.15, 0.2) is 0 Å². The second kappa shape index (κ2) is 16.4. The predicted octanol–water partition coefficient (Wildman–Crippen LogP) is -2.26. The number of hydrogen-bond donors (Lipinski definition) is 0. The molecule has 0 amide bonds. The summed E-state index contributed by atoms with van der Waals surface area (Å²) in [5.41, 5.74) is 0. The summed E-state index contributed by atoms with van der Waals surface area (Å²) >= 11 is 0. The first-order valence-electron chi connectivity index (χ1n) is 0. The van der Waals surface area contributed by atoms with Gasteiger partial charge in [0.1, 0.15) is 0 Å². The Morgan fingerprint density at radius 1 is 1.25 bits per heavy atom. The van der Waals surface area contributed by atoms with Crippen molar-refractivity contribution < 1.29 is 19.9 Å². The quantitative estimate of drug-likeness (QED) is 0.376. The average Bonchev–Trinajstić information content (AvgIpc) is 0. The Morgan fingerprint density at radius 2 is 1.25 bits per heavy atom. The van der Waals surface area contributed by atoms with Gasteiger partial charge in [0, 0.05) is 17.1 Å². The van der Waals surface area contributed by atoms with E-state index in [4.69, 9.17) is 0 Å². The van der Waals surface area contributed by atoms with Crippen LogP contribution < -0.4 is 0 Å². The van der Waals surface area contributed by atoms with Gasteiger partial charge in [-0.3, -0.25) is 0 Å². The van der Waals surface area contributed by atoms with Crippen molar-refractivity contribution in [2.45, 2.75) is 0 Å². The minimum atomic E-state index is 0. The van der Waals surface area contributed by atoms with Crippen molar-refractivity contribution in [2.75, 3.05) is 0 Å². The molecule has 0 atom stereocenters. The molecule has 0 bridgehead atoms. The second-order valence-corrected chi connectivity index (χ2v) is 0. The molecule has 0 saturated carbocycles. The topological polar surface area (TPSA) is 0 Å². The molecule has 4 heteroatoms. The molecule has 0 N–H and O–H groups in total. The van der Waals surface area contributed by atoms with Gasteiger partial charge in [0.25, 0.3) is 0 Å². The van der Waals surface area contributed by atoms with Crippen LogP contribution in [-0.4, -0.2) is 86.0 Å². The van der Waals surface area contributed by atoms with Crippen molar-refractivity contribution in [2.24, 2.45) is 0 Å². The number of rotatable bonds is 0. The fraction of sp³-hybridized carbons (Fsp3) is 0. The first kappa shape index (κ1) is 27.1. The van der Waals surface area contributed by atoms with Gasteiger partial charge in [0.2, 0.25) is 0 Å². The van der Waals surface area contributed by atoms with Crippen LogP contribution in [0, 0.1) is 0 Å². The molecule has 4 heavy (non-hydrogen) atoms. The fourth-order valence-electron chi connectivity index (χ4n) is 0. The predicted molar refractivity (Wildman–Crippen MR) is 26.5 cm³/mol. The van der Waals surface area contributed by atoms with E-state index in [1.54, 1.807) is 0 Å². The van der Waals surface area contributed by atoms with E-state index in [9.17, 15) is 0 Å². The van der Waals surface area contributed by atoms with E-state index in [2.05, 4.69) is 0 Å². The first-order valence-corrected chi connectivity index (χ1v) is 0. The van der Waals surface area contributed by atoms with Crippen LogP contribution in [0.3, 0.4) is 0 Å². The molecule has 0 aliphatic carbocycles. The third-order valence-corrected chi connectivity index (χ3v) is 0. The van der Waals surface area contributed by atoms with Crippen molar-refractivity contribution in [3.63, 3.8) is 0 Å². The van der Waals surface area contributed by atoms with Crippen molar-refractivity contribution in [1.29, 1.82) is 0 Å². The molecule has 0 aromatic heterocycles. The smallest absolute Gasteiger partial charge is 0 e. The van der Waals surface area contributed by atoms with Crippen molar-refractivity contribution in [1.82, 2.24) is 0 Å². The van der Waals surface area contributed by atoms with E-state index < -0.39 is 0 Å². The van der Waals surface area contributed by atoms with Crippen LogP contribution in [0.25, 0.3) is 0 Å². The zero-order chi connectivity index (χ0) is 0. The largest absolute Gasteiger partial charge is 1.00 e. The fourth-order valence-corrected chi connectivity index (χ4v) is 0. The molecule has 26 valence electrons. The molecule has 0 fully saturated rings. The van der Waals surface area contributed by atoms with E-state index in [0.29, 0.717) is 0 Å². The summed E-state index contributed by atoms with van der Waals surface area (Å²) in [5, 5.41) is 0. The van der Waals surface area contributed by atoms with Gasteiger partial charge in [-0.1, -0.05) is 0 Å². The van der Waals surface area contributed by atoms with Crippen molar-refractivity contribution in [3.8, 4) is 0 Å². The zero-order valence-electron chi connectivity index (χ0n) is 4.64. The minimum Gasteiger partial charge on any atom is -1.00 e. The minimum absolute atomic E-state index is 0. The van der Waals surface area contributed by atoms with Crippen LogP contribution in [-0.2, 0) is 17.1 Å². The molecule has 0 aliphatic rings. The van der Waals surface area contributed by atoms with Gasteiger partial charge >= 0.3 is 75.1 Å². The Kier molecular flexibility index (Phi) is 111. The third-order valence-electron chi connectivity index (χ3n) is 0. The monoisotopic (exact) mass is 438 g/mol. The van der Waals surface area contributed by atoms with Crippen LogP contribution in [0.1, 0.15) is 2.85 Å². The van der Waals surface area contributed by atoms with E-state index in [0.717, 1.165) is 0 Å². The van der Waals surface area contributed by atoms with E-state index in [1.165, 1.54) is 0 Å². The Balaban J connectivity index is 0. The van der Waals surface area contributed by atoms with E-state index in [-0.39, 0.29) is 106 Å². The summed E-state index contributed by atoms with van der Waals surface area (Å²) in [6.45, 7) is 0. The second-order valence-electron chi connectivity index (χ2n) is 0. The van der Waals surface area contributed by atoms with Crippen LogP contribution >= 0.6 is 0 Å². The maximum absolute atomic E-state index is 0. The average molecular weight is 437 g/mol. The van der Waals surface area contributed by atoms with Crippen LogP contribution in [0.2, 0.25) is 0 Å². The van der Waals surface area contributed by atoms with Gasteiger partial charge in [0.05, 0.1) is 0 Å². The standard InChI is InChI=1S/Ba.Bi.Fe.H3Si.4H/h;;;1H3;;;;/q+2;;;;;;2*-1. The van der Waals surface area contributed by atoms with Crippen molar-refractivity contribution in [3.05, 3.63) is 0 Å². The van der Waals surface area contributed by atoms with Gasteiger partial charge < -0.3 is 2.85 Å². The van der Waals surface area contributed by atoms with Gasteiger partial charge in [-0.05, 0) is 11.0 Å². The zero-order valence-corrected chi connectivity index (χ0v) is 14.7.